The molecule has 0 unspecified atom stereocenters. The number of nitrogens with one attached hydrogen (secondary N) is 1. The van der Waals surface area contributed by atoms with E-state index >= 15 is 0 Å². The van der Waals surface area contributed by atoms with Gasteiger partial charge in [-0.2, -0.15) is 0 Å². The number of amides is 1. The van der Waals surface area contributed by atoms with Gasteiger partial charge < -0.3 is 14.7 Å². The van der Waals surface area contributed by atoms with E-state index in [-0.39, 0.29) is 5.91 Å². The number of hydrogen-bond acceptors (Lipinski definition) is 6. The number of rotatable bonds is 6. The second kappa shape index (κ2) is 7.92. The van der Waals surface area contributed by atoms with Crippen molar-refractivity contribution in [1.82, 2.24) is 20.4 Å². The number of likely N-dealkylation sites (N-methyl/N-ethyl adjacent to an activating group) is 1. The Morgan fingerprint density at radius 1 is 1.18 bits per heavy atom. The van der Waals surface area contributed by atoms with E-state index in [9.17, 15) is 4.79 Å². The lowest BCUT2D eigenvalue weighted by molar-refractivity contribution is 0.0952. The molecule has 4 rings (SSSR count). The van der Waals surface area contributed by atoms with Crippen LogP contribution < -0.4 is 5.32 Å². The number of nitrogens with zero attached hydrogens (tertiary/aromatic N) is 3. The summed E-state index contributed by atoms with van der Waals surface area (Å²) in [6.07, 6.45) is 0. The third-order valence-electron chi connectivity index (χ3n) is 4.36. The van der Waals surface area contributed by atoms with E-state index in [1.165, 1.54) is 0 Å². The van der Waals surface area contributed by atoms with Gasteiger partial charge in [0.15, 0.2) is 0 Å². The second-order valence-electron chi connectivity index (χ2n) is 6.67. The average Bonchev–Trinajstić information content (AvgIpc) is 3.37. The summed E-state index contributed by atoms with van der Waals surface area (Å²) in [4.78, 5) is 20.6. The highest BCUT2D eigenvalue weighted by molar-refractivity contribution is 7.13. The summed E-state index contributed by atoms with van der Waals surface area (Å²) in [5.41, 5.74) is 3.10. The van der Waals surface area contributed by atoms with Crippen LogP contribution in [0.15, 0.2) is 58.4 Å². The molecule has 3 heterocycles. The summed E-state index contributed by atoms with van der Waals surface area (Å²) in [5.74, 6) is -0.160. The third kappa shape index (κ3) is 3.67. The van der Waals surface area contributed by atoms with Gasteiger partial charge >= 0.3 is 0 Å². The van der Waals surface area contributed by atoms with Crippen LogP contribution in [0.25, 0.3) is 32.9 Å². The maximum absolute atomic E-state index is 13.0. The molecule has 28 heavy (non-hydrogen) atoms. The lowest BCUT2D eigenvalue weighted by Crippen LogP contribution is -2.31. The van der Waals surface area contributed by atoms with Crippen LogP contribution in [0.3, 0.4) is 0 Å². The van der Waals surface area contributed by atoms with Crippen molar-refractivity contribution in [3.05, 3.63) is 59.5 Å². The van der Waals surface area contributed by atoms with Crippen LogP contribution in [0.5, 0.6) is 0 Å². The van der Waals surface area contributed by atoms with E-state index in [4.69, 9.17) is 4.52 Å². The van der Waals surface area contributed by atoms with Crippen molar-refractivity contribution in [2.24, 2.45) is 0 Å². The summed E-state index contributed by atoms with van der Waals surface area (Å²) < 4.78 is 5.53. The van der Waals surface area contributed by atoms with Crippen LogP contribution in [0, 0.1) is 0 Å². The van der Waals surface area contributed by atoms with Crippen LogP contribution >= 0.6 is 11.3 Å². The Morgan fingerprint density at radius 3 is 2.71 bits per heavy atom. The van der Waals surface area contributed by atoms with Crippen LogP contribution in [0.2, 0.25) is 0 Å². The van der Waals surface area contributed by atoms with E-state index in [2.05, 4.69) is 15.5 Å². The van der Waals surface area contributed by atoms with Gasteiger partial charge in [0.25, 0.3) is 11.6 Å². The van der Waals surface area contributed by atoms with Crippen molar-refractivity contribution in [3.8, 4) is 21.8 Å². The van der Waals surface area contributed by atoms with Gasteiger partial charge in [0.05, 0.1) is 21.5 Å². The van der Waals surface area contributed by atoms with Crippen molar-refractivity contribution in [2.75, 3.05) is 27.2 Å². The Balaban J connectivity index is 1.83. The molecule has 1 aromatic carbocycles. The van der Waals surface area contributed by atoms with Gasteiger partial charge in [-0.3, -0.25) is 4.79 Å². The molecule has 0 aliphatic rings. The van der Waals surface area contributed by atoms with Crippen molar-refractivity contribution in [2.45, 2.75) is 0 Å². The monoisotopic (exact) mass is 392 g/mol. The fraction of sp³-hybridized carbons (Fsp3) is 0.190. The topological polar surface area (TPSA) is 71.3 Å². The SMILES string of the molecule is CN(C)CCNC(=O)c1cc(-c2cccs2)nc2onc(-c3ccccc3)c12. The number of thiophene rings is 1. The van der Waals surface area contributed by atoms with Crippen molar-refractivity contribution in [3.63, 3.8) is 0 Å². The first-order valence-corrected chi connectivity index (χ1v) is 9.84. The molecule has 1 amide bonds. The zero-order valence-electron chi connectivity index (χ0n) is 15.7. The number of benzene rings is 1. The largest absolute Gasteiger partial charge is 0.351 e. The highest BCUT2D eigenvalue weighted by atomic mass is 32.1. The first-order chi connectivity index (χ1) is 13.6. The first kappa shape index (κ1) is 18.3. The van der Waals surface area contributed by atoms with Gasteiger partial charge in [0, 0.05) is 18.7 Å². The number of pyridine rings is 1. The number of fused-ring (bicyclic) bond motifs is 1. The Bertz CT molecular complexity index is 1090. The summed E-state index contributed by atoms with van der Waals surface area (Å²) in [7, 11) is 3.94. The van der Waals surface area contributed by atoms with Crippen molar-refractivity contribution >= 4 is 28.3 Å². The predicted octanol–water partition coefficient (Wildman–Crippen LogP) is 3.91. The Morgan fingerprint density at radius 2 is 2.00 bits per heavy atom. The van der Waals surface area contributed by atoms with E-state index in [1.807, 2.05) is 72.9 Å². The van der Waals surface area contributed by atoms with Gasteiger partial charge in [-0.15, -0.1) is 11.3 Å². The van der Waals surface area contributed by atoms with Gasteiger partial charge in [0.1, 0.15) is 5.69 Å². The molecule has 0 fully saturated rings. The van der Waals surface area contributed by atoms with E-state index < -0.39 is 0 Å². The number of carbonyl (C=O) groups excluding carboxylic acids is 1. The molecule has 0 aliphatic heterocycles. The summed E-state index contributed by atoms with van der Waals surface area (Å²) in [5, 5.41) is 9.82. The molecule has 0 saturated carbocycles. The quantitative estimate of drug-likeness (QED) is 0.539. The van der Waals surface area contributed by atoms with Crippen LogP contribution in [-0.4, -0.2) is 48.1 Å². The minimum absolute atomic E-state index is 0.160. The molecule has 4 aromatic rings. The summed E-state index contributed by atoms with van der Waals surface area (Å²) >= 11 is 1.57. The molecule has 7 heteroatoms. The predicted molar refractivity (Wildman–Crippen MR) is 111 cm³/mol. The minimum atomic E-state index is -0.160. The Kier molecular flexibility index (Phi) is 5.18. The molecule has 0 aliphatic carbocycles. The maximum atomic E-state index is 13.0. The molecule has 142 valence electrons. The first-order valence-electron chi connectivity index (χ1n) is 8.96. The molecule has 0 spiro atoms. The minimum Gasteiger partial charge on any atom is -0.351 e. The molecular formula is C21H20N4O2S. The lowest BCUT2D eigenvalue weighted by Gasteiger charge is -2.11. The second-order valence-corrected chi connectivity index (χ2v) is 7.62. The maximum Gasteiger partial charge on any atom is 0.259 e. The van der Waals surface area contributed by atoms with Crippen LogP contribution in [-0.2, 0) is 0 Å². The van der Waals surface area contributed by atoms with Crippen LogP contribution in [0.4, 0.5) is 0 Å². The lowest BCUT2D eigenvalue weighted by atomic mass is 10.0. The highest BCUT2D eigenvalue weighted by Crippen LogP contribution is 2.33. The van der Waals surface area contributed by atoms with Crippen molar-refractivity contribution < 1.29 is 9.32 Å². The van der Waals surface area contributed by atoms with Crippen LogP contribution in [0.1, 0.15) is 10.4 Å². The van der Waals surface area contributed by atoms with Gasteiger partial charge in [0.2, 0.25) is 0 Å². The molecular weight excluding hydrogens is 372 g/mol. The molecule has 0 atom stereocenters. The smallest absolute Gasteiger partial charge is 0.259 e. The Labute approximate surface area is 166 Å². The number of carbonyl (C=O) groups is 1. The van der Waals surface area contributed by atoms with E-state index in [0.29, 0.717) is 34.6 Å². The fourth-order valence-electron chi connectivity index (χ4n) is 2.96. The van der Waals surface area contributed by atoms with Gasteiger partial charge in [-0.05, 0) is 31.6 Å². The summed E-state index contributed by atoms with van der Waals surface area (Å²) in [6, 6.07) is 15.4. The summed E-state index contributed by atoms with van der Waals surface area (Å²) in [6.45, 7) is 1.31. The molecule has 0 radical (unpaired) electrons. The van der Waals surface area contributed by atoms with Gasteiger partial charge in [-0.1, -0.05) is 41.6 Å². The van der Waals surface area contributed by atoms with Gasteiger partial charge in [-0.25, -0.2) is 4.98 Å². The number of aromatic nitrogens is 2. The molecule has 6 nitrogen and oxygen atoms in total. The number of hydrogen-bond donors (Lipinski definition) is 1. The molecule has 1 N–H and O–H groups in total. The normalized spacial score (nSPS) is 11.2. The Hall–Kier alpha value is -3.03. The highest BCUT2D eigenvalue weighted by Gasteiger charge is 2.22. The molecule has 0 saturated heterocycles. The molecule has 3 aromatic heterocycles. The zero-order valence-corrected chi connectivity index (χ0v) is 16.5. The van der Waals surface area contributed by atoms with E-state index in [1.54, 1.807) is 11.3 Å². The standard InChI is InChI=1S/C21H20N4O2S/c1-25(2)11-10-22-20(26)15-13-16(17-9-6-12-28-17)23-21-18(15)19(24-27-21)14-7-4-3-5-8-14/h3-9,12-13H,10-11H2,1-2H3,(H,22,26). The zero-order chi connectivity index (χ0) is 19.5. The van der Waals surface area contributed by atoms with E-state index in [0.717, 1.165) is 17.0 Å². The fourth-order valence-corrected chi connectivity index (χ4v) is 3.65. The average molecular weight is 392 g/mol. The molecule has 0 bridgehead atoms. The third-order valence-corrected chi connectivity index (χ3v) is 5.25. The van der Waals surface area contributed by atoms with Crippen molar-refractivity contribution in [1.29, 1.82) is 0 Å².